The lowest BCUT2D eigenvalue weighted by Crippen LogP contribution is -2.02. The lowest BCUT2D eigenvalue weighted by molar-refractivity contribution is 0.108. The van der Waals surface area contributed by atoms with Crippen LogP contribution in [0.1, 0.15) is 10.4 Å². The van der Waals surface area contributed by atoms with Gasteiger partial charge in [-0.25, -0.2) is 0 Å². The molecule has 0 spiro atoms. The Kier molecular flexibility index (Phi) is 2.24. The highest BCUT2D eigenvalue weighted by atomic mass is 35.5. The molecule has 0 aliphatic rings. The van der Waals surface area contributed by atoms with Gasteiger partial charge in [0.15, 0.2) is 0 Å². The Bertz CT molecular complexity index is 454. The number of tetrazole rings is 1. The SMILES string of the molecule is O=C(Cl)c1ccccc1-n1cnnn1. The second kappa shape index (κ2) is 3.55. The van der Waals surface area contributed by atoms with Crippen LogP contribution >= 0.6 is 11.6 Å². The summed E-state index contributed by atoms with van der Waals surface area (Å²) in [4.78, 5) is 11.0. The predicted octanol–water partition coefficient (Wildman–Crippen LogP) is 1.04. The number of rotatable bonds is 2. The molecule has 1 aromatic heterocycles. The monoisotopic (exact) mass is 208 g/mol. The van der Waals surface area contributed by atoms with Crippen molar-refractivity contribution in [2.75, 3.05) is 0 Å². The molecule has 0 aliphatic heterocycles. The Morgan fingerprint density at radius 1 is 1.36 bits per heavy atom. The van der Waals surface area contributed by atoms with Gasteiger partial charge in [0.1, 0.15) is 6.33 Å². The van der Waals surface area contributed by atoms with Crippen molar-refractivity contribution < 1.29 is 4.79 Å². The van der Waals surface area contributed by atoms with Crippen molar-refractivity contribution in [2.45, 2.75) is 0 Å². The largest absolute Gasteiger partial charge is 0.276 e. The van der Waals surface area contributed by atoms with E-state index in [0.29, 0.717) is 11.3 Å². The van der Waals surface area contributed by atoms with Gasteiger partial charge in [0.05, 0.1) is 11.3 Å². The zero-order valence-corrected chi connectivity index (χ0v) is 7.72. The minimum absolute atomic E-state index is 0.376. The summed E-state index contributed by atoms with van der Waals surface area (Å²) < 4.78 is 1.38. The average Bonchev–Trinajstić information content (AvgIpc) is 2.70. The van der Waals surface area contributed by atoms with Crippen LogP contribution in [0, 0.1) is 0 Å². The van der Waals surface area contributed by atoms with Crippen LogP contribution in [0.25, 0.3) is 5.69 Å². The van der Waals surface area contributed by atoms with E-state index < -0.39 is 5.24 Å². The third kappa shape index (κ3) is 1.49. The maximum Gasteiger partial charge on any atom is 0.254 e. The van der Waals surface area contributed by atoms with Crippen LogP contribution in [-0.4, -0.2) is 25.4 Å². The van der Waals surface area contributed by atoms with Gasteiger partial charge in [-0.1, -0.05) is 12.1 Å². The second-order valence-electron chi connectivity index (χ2n) is 2.55. The van der Waals surface area contributed by atoms with Crippen molar-refractivity contribution in [3.05, 3.63) is 36.2 Å². The van der Waals surface area contributed by atoms with Crippen molar-refractivity contribution in [1.82, 2.24) is 20.2 Å². The van der Waals surface area contributed by atoms with E-state index in [1.165, 1.54) is 11.0 Å². The first-order chi connectivity index (χ1) is 6.79. The lowest BCUT2D eigenvalue weighted by Gasteiger charge is -2.02. The number of hydrogen-bond donors (Lipinski definition) is 0. The van der Waals surface area contributed by atoms with Gasteiger partial charge in [-0.15, -0.1) is 5.10 Å². The highest BCUT2D eigenvalue weighted by Gasteiger charge is 2.09. The minimum atomic E-state index is -0.531. The topological polar surface area (TPSA) is 60.7 Å². The molecule has 0 amide bonds. The zero-order chi connectivity index (χ0) is 9.97. The van der Waals surface area contributed by atoms with E-state index in [0.717, 1.165) is 0 Å². The summed E-state index contributed by atoms with van der Waals surface area (Å²) in [6.07, 6.45) is 1.40. The Morgan fingerprint density at radius 3 is 2.79 bits per heavy atom. The Balaban J connectivity index is 2.58. The van der Waals surface area contributed by atoms with Crippen LogP contribution in [0.2, 0.25) is 0 Å². The quantitative estimate of drug-likeness (QED) is 0.692. The molecule has 0 saturated carbocycles. The van der Waals surface area contributed by atoms with Gasteiger partial charge in [-0.2, -0.15) is 4.68 Å². The standard InChI is InChI=1S/C8H5ClN4O/c9-8(14)6-3-1-2-4-7(6)13-5-10-11-12-13/h1-5H. The summed E-state index contributed by atoms with van der Waals surface area (Å²) in [5.41, 5.74) is 0.943. The molecule has 2 aromatic rings. The third-order valence-corrected chi connectivity index (χ3v) is 1.92. The van der Waals surface area contributed by atoms with Gasteiger partial charge >= 0.3 is 0 Å². The number of carbonyl (C=O) groups excluding carboxylic acids is 1. The molecule has 0 aliphatic carbocycles. The van der Waals surface area contributed by atoms with Crippen LogP contribution in [0.3, 0.4) is 0 Å². The van der Waals surface area contributed by atoms with Crippen LogP contribution < -0.4 is 0 Å². The van der Waals surface area contributed by atoms with Gasteiger partial charge in [0.2, 0.25) is 0 Å². The minimum Gasteiger partial charge on any atom is -0.276 e. The summed E-state index contributed by atoms with van der Waals surface area (Å²) in [5.74, 6) is 0. The second-order valence-corrected chi connectivity index (χ2v) is 2.89. The summed E-state index contributed by atoms with van der Waals surface area (Å²) in [6, 6.07) is 6.84. The van der Waals surface area contributed by atoms with Gasteiger partial charge in [0, 0.05) is 0 Å². The molecule has 0 N–H and O–H groups in total. The Labute approximate surface area is 84.3 Å². The van der Waals surface area contributed by atoms with Gasteiger partial charge in [-0.3, -0.25) is 4.79 Å². The molecule has 0 saturated heterocycles. The molecule has 2 rings (SSSR count). The fraction of sp³-hybridized carbons (Fsp3) is 0. The molecule has 1 aromatic carbocycles. The van der Waals surface area contributed by atoms with E-state index in [1.54, 1.807) is 24.3 Å². The molecule has 70 valence electrons. The smallest absolute Gasteiger partial charge is 0.254 e. The average molecular weight is 209 g/mol. The number of hydrogen-bond acceptors (Lipinski definition) is 4. The number of aromatic nitrogens is 4. The van der Waals surface area contributed by atoms with Crippen LogP contribution in [0.5, 0.6) is 0 Å². The number of para-hydroxylation sites is 1. The van der Waals surface area contributed by atoms with Gasteiger partial charge < -0.3 is 0 Å². The maximum absolute atomic E-state index is 11.0. The number of carbonyl (C=O) groups is 1. The Morgan fingerprint density at radius 2 is 2.14 bits per heavy atom. The fourth-order valence-corrected chi connectivity index (χ4v) is 1.27. The molecule has 0 radical (unpaired) electrons. The van der Waals surface area contributed by atoms with Gasteiger partial charge in [-0.05, 0) is 34.2 Å². The molecule has 0 atom stereocenters. The zero-order valence-electron chi connectivity index (χ0n) is 6.96. The van der Waals surface area contributed by atoms with E-state index in [2.05, 4.69) is 15.5 Å². The highest BCUT2D eigenvalue weighted by Crippen LogP contribution is 2.14. The van der Waals surface area contributed by atoms with Crippen molar-refractivity contribution in [3.63, 3.8) is 0 Å². The normalized spacial score (nSPS) is 10.1. The number of benzene rings is 1. The van der Waals surface area contributed by atoms with Crippen LogP contribution in [0.15, 0.2) is 30.6 Å². The van der Waals surface area contributed by atoms with E-state index in [4.69, 9.17) is 11.6 Å². The summed E-state index contributed by atoms with van der Waals surface area (Å²) in [6.45, 7) is 0. The molecular weight excluding hydrogens is 204 g/mol. The molecule has 1 heterocycles. The van der Waals surface area contributed by atoms with E-state index in [9.17, 15) is 4.79 Å². The van der Waals surface area contributed by atoms with E-state index in [1.807, 2.05) is 0 Å². The maximum atomic E-state index is 11.0. The van der Waals surface area contributed by atoms with E-state index in [-0.39, 0.29) is 0 Å². The van der Waals surface area contributed by atoms with Crippen LogP contribution in [0.4, 0.5) is 0 Å². The number of nitrogens with zero attached hydrogens (tertiary/aromatic N) is 4. The Hall–Kier alpha value is -1.75. The van der Waals surface area contributed by atoms with Crippen LogP contribution in [-0.2, 0) is 0 Å². The molecule has 6 heteroatoms. The molecule has 0 bridgehead atoms. The van der Waals surface area contributed by atoms with Crippen molar-refractivity contribution in [2.24, 2.45) is 0 Å². The number of halogens is 1. The molecule has 0 unspecified atom stereocenters. The summed E-state index contributed by atoms with van der Waals surface area (Å²) in [7, 11) is 0. The van der Waals surface area contributed by atoms with Gasteiger partial charge in [0.25, 0.3) is 5.24 Å². The van der Waals surface area contributed by atoms with Crippen molar-refractivity contribution >= 4 is 16.8 Å². The summed E-state index contributed by atoms with van der Waals surface area (Å²) in [5, 5.41) is 10.1. The molecule has 0 fully saturated rings. The lowest BCUT2D eigenvalue weighted by atomic mass is 10.2. The van der Waals surface area contributed by atoms with Crippen molar-refractivity contribution in [3.8, 4) is 5.69 Å². The first-order valence-electron chi connectivity index (χ1n) is 3.81. The highest BCUT2D eigenvalue weighted by molar-refractivity contribution is 6.68. The van der Waals surface area contributed by atoms with Crippen molar-refractivity contribution in [1.29, 1.82) is 0 Å². The fourth-order valence-electron chi connectivity index (χ4n) is 1.11. The predicted molar refractivity (Wildman–Crippen MR) is 49.3 cm³/mol. The third-order valence-electron chi connectivity index (χ3n) is 1.71. The summed E-state index contributed by atoms with van der Waals surface area (Å²) >= 11 is 5.40. The van der Waals surface area contributed by atoms with E-state index >= 15 is 0 Å². The first-order valence-corrected chi connectivity index (χ1v) is 4.19. The first kappa shape index (κ1) is 8.83. The molecule has 14 heavy (non-hydrogen) atoms. The molecule has 5 nitrogen and oxygen atoms in total. The molecular formula is C8H5ClN4O.